The summed E-state index contributed by atoms with van der Waals surface area (Å²) in [6.45, 7) is 0.419. The van der Waals surface area contributed by atoms with Crippen LogP contribution in [0.4, 0.5) is 11.4 Å². The Morgan fingerprint density at radius 2 is 1.92 bits per heavy atom. The van der Waals surface area contributed by atoms with E-state index in [1.807, 2.05) is 36.4 Å². The average Bonchev–Trinajstić information content (AvgIpc) is 3.08. The minimum Gasteiger partial charge on any atom is -0.394 e. The van der Waals surface area contributed by atoms with E-state index in [0.717, 1.165) is 16.8 Å². The Kier molecular flexibility index (Phi) is 5.06. The van der Waals surface area contributed by atoms with Crippen LogP contribution in [0.25, 0.3) is 0 Å². The maximum absolute atomic E-state index is 11.1. The first-order valence-electron chi connectivity index (χ1n) is 7.86. The number of nitro groups is 1. The fraction of sp³-hybridized carbons (Fsp3) is 0.167. The summed E-state index contributed by atoms with van der Waals surface area (Å²) < 4.78 is 1.64. The normalized spacial score (nSPS) is 11.9. The number of benzene rings is 2. The molecule has 0 aliphatic heterocycles. The summed E-state index contributed by atoms with van der Waals surface area (Å²) in [5.41, 5.74) is 2.60. The first kappa shape index (κ1) is 16.7. The number of hydrogen-bond acceptors (Lipinski definition) is 5. The monoisotopic (exact) mass is 338 g/mol. The van der Waals surface area contributed by atoms with Gasteiger partial charge in [-0.15, -0.1) is 0 Å². The van der Waals surface area contributed by atoms with Gasteiger partial charge in [-0.2, -0.15) is 5.10 Å². The lowest BCUT2D eigenvalue weighted by Gasteiger charge is -2.20. The molecule has 0 bridgehead atoms. The van der Waals surface area contributed by atoms with Crippen LogP contribution >= 0.6 is 0 Å². The number of nitro benzene ring substituents is 1. The van der Waals surface area contributed by atoms with Crippen LogP contribution in [0, 0.1) is 10.1 Å². The first-order valence-corrected chi connectivity index (χ1v) is 7.86. The number of rotatable bonds is 7. The second kappa shape index (κ2) is 7.59. The van der Waals surface area contributed by atoms with Crippen molar-refractivity contribution >= 4 is 11.4 Å². The molecule has 0 aliphatic carbocycles. The molecule has 1 unspecified atom stereocenters. The number of hydrogen-bond donors (Lipinski definition) is 2. The molecule has 1 heterocycles. The molecule has 7 heteroatoms. The van der Waals surface area contributed by atoms with Crippen LogP contribution in [0.5, 0.6) is 0 Å². The van der Waals surface area contributed by atoms with Gasteiger partial charge in [-0.25, -0.2) is 0 Å². The van der Waals surface area contributed by atoms with Crippen LogP contribution < -0.4 is 5.32 Å². The van der Waals surface area contributed by atoms with E-state index in [1.165, 1.54) is 6.07 Å². The Bertz CT molecular complexity index is 848. The molecule has 0 saturated heterocycles. The minimum absolute atomic E-state index is 0.00805. The lowest BCUT2D eigenvalue weighted by Crippen LogP contribution is -2.12. The summed E-state index contributed by atoms with van der Waals surface area (Å²) in [4.78, 5) is 10.7. The zero-order valence-electron chi connectivity index (χ0n) is 13.4. The van der Waals surface area contributed by atoms with Crippen molar-refractivity contribution in [3.05, 3.63) is 88.2 Å². The molecule has 0 radical (unpaired) electrons. The van der Waals surface area contributed by atoms with E-state index in [4.69, 9.17) is 5.11 Å². The molecule has 0 spiro atoms. The molecule has 0 amide bonds. The average molecular weight is 338 g/mol. The third-order valence-electron chi connectivity index (χ3n) is 3.82. The van der Waals surface area contributed by atoms with Gasteiger partial charge in [0.1, 0.15) is 0 Å². The number of aliphatic hydroxyl groups excluding tert-OH is 1. The van der Waals surface area contributed by atoms with Gasteiger partial charge in [-0.3, -0.25) is 14.8 Å². The maximum atomic E-state index is 11.1. The summed E-state index contributed by atoms with van der Waals surface area (Å²) in [5, 5.41) is 27.6. The van der Waals surface area contributed by atoms with E-state index < -0.39 is 4.92 Å². The molecular weight excluding hydrogens is 320 g/mol. The van der Waals surface area contributed by atoms with Crippen LogP contribution in [0.15, 0.2) is 67.0 Å². The van der Waals surface area contributed by atoms with Crippen LogP contribution in [-0.4, -0.2) is 26.4 Å². The van der Waals surface area contributed by atoms with E-state index >= 15 is 0 Å². The fourth-order valence-electron chi connectivity index (χ4n) is 2.65. The molecule has 128 valence electrons. The van der Waals surface area contributed by atoms with E-state index in [1.54, 1.807) is 29.2 Å². The van der Waals surface area contributed by atoms with Crippen molar-refractivity contribution in [3.63, 3.8) is 0 Å². The summed E-state index contributed by atoms with van der Waals surface area (Å²) in [5.74, 6) is 0. The molecule has 25 heavy (non-hydrogen) atoms. The summed E-state index contributed by atoms with van der Waals surface area (Å²) in [6.07, 6.45) is 3.46. The predicted octanol–water partition coefficient (Wildman–Crippen LogP) is 2.99. The highest BCUT2D eigenvalue weighted by Crippen LogP contribution is 2.28. The quantitative estimate of drug-likeness (QED) is 0.510. The van der Waals surface area contributed by atoms with E-state index in [9.17, 15) is 10.1 Å². The summed E-state index contributed by atoms with van der Waals surface area (Å²) in [6, 6.07) is 16.0. The van der Waals surface area contributed by atoms with Crippen LogP contribution in [-0.2, 0) is 6.54 Å². The van der Waals surface area contributed by atoms with Gasteiger partial charge in [0.2, 0.25) is 0 Å². The zero-order valence-corrected chi connectivity index (χ0v) is 13.4. The molecular formula is C18H18N4O3. The van der Waals surface area contributed by atoms with Crippen molar-refractivity contribution in [2.24, 2.45) is 0 Å². The largest absolute Gasteiger partial charge is 0.394 e. The van der Waals surface area contributed by atoms with Gasteiger partial charge in [-0.05, 0) is 11.1 Å². The molecule has 0 fully saturated rings. The molecule has 0 aliphatic rings. The summed E-state index contributed by atoms with van der Waals surface area (Å²) >= 11 is 0. The number of nitrogens with one attached hydrogen (secondary N) is 1. The van der Waals surface area contributed by atoms with Crippen LogP contribution in [0.1, 0.15) is 17.2 Å². The van der Waals surface area contributed by atoms with Gasteiger partial charge in [0.15, 0.2) is 0 Å². The molecule has 0 saturated carbocycles. The Labute approximate surface area is 144 Å². The number of nitrogens with zero attached hydrogens (tertiary/aromatic N) is 3. The Balaban J connectivity index is 1.95. The SMILES string of the molecule is O=[N+]([O-])c1cccc(C(Nc2cnn(CCO)c2)c2ccccc2)c1. The summed E-state index contributed by atoms with van der Waals surface area (Å²) in [7, 11) is 0. The van der Waals surface area contributed by atoms with E-state index in [0.29, 0.717) is 6.54 Å². The van der Waals surface area contributed by atoms with Gasteiger partial charge in [-0.1, -0.05) is 42.5 Å². The molecule has 1 aromatic heterocycles. The van der Waals surface area contributed by atoms with Gasteiger partial charge < -0.3 is 10.4 Å². The molecule has 3 rings (SSSR count). The van der Waals surface area contributed by atoms with Crippen molar-refractivity contribution in [3.8, 4) is 0 Å². The lowest BCUT2D eigenvalue weighted by molar-refractivity contribution is -0.384. The third-order valence-corrected chi connectivity index (χ3v) is 3.82. The lowest BCUT2D eigenvalue weighted by atomic mass is 9.98. The molecule has 3 aromatic rings. The van der Waals surface area contributed by atoms with Crippen LogP contribution in [0.2, 0.25) is 0 Å². The zero-order chi connectivity index (χ0) is 17.6. The fourth-order valence-corrected chi connectivity index (χ4v) is 2.65. The molecule has 7 nitrogen and oxygen atoms in total. The van der Waals surface area contributed by atoms with E-state index in [-0.39, 0.29) is 18.3 Å². The van der Waals surface area contributed by atoms with Gasteiger partial charge >= 0.3 is 0 Å². The number of aliphatic hydroxyl groups is 1. The van der Waals surface area contributed by atoms with Crippen molar-refractivity contribution in [1.29, 1.82) is 0 Å². The molecule has 1 atom stereocenters. The van der Waals surface area contributed by atoms with Crippen molar-refractivity contribution < 1.29 is 10.0 Å². The van der Waals surface area contributed by atoms with E-state index in [2.05, 4.69) is 10.4 Å². The number of anilines is 1. The highest BCUT2D eigenvalue weighted by molar-refractivity contribution is 5.48. The van der Waals surface area contributed by atoms with Gasteiger partial charge in [0, 0.05) is 18.3 Å². The second-order valence-electron chi connectivity index (χ2n) is 5.56. The highest BCUT2D eigenvalue weighted by Gasteiger charge is 2.17. The second-order valence-corrected chi connectivity index (χ2v) is 5.56. The van der Waals surface area contributed by atoms with Crippen molar-refractivity contribution in [2.45, 2.75) is 12.6 Å². The number of non-ortho nitro benzene ring substituents is 1. The van der Waals surface area contributed by atoms with Crippen LogP contribution in [0.3, 0.4) is 0 Å². The standard InChI is InChI=1S/C18H18N4O3/c23-10-9-21-13-16(12-19-21)20-18(14-5-2-1-3-6-14)15-7-4-8-17(11-15)22(24)25/h1-8,11-13,18,20,23H,9-10H2. The predicted molar refractivity (Wildman–Crippen MR) is 94.3 cm³/mol. The highest BCUT2D eigenvalue weighted by atomic mass is 16.6. The Morgan fingerprint density at radius 3 is 2.64 bits per heavy atom. The molecule has 2 aromatic carbocycles. The Morgan fingerprint density at radius 1 is 1.16 bits per heavy atom. The van der Waals surface area contributed by atoms with Gasteiger partial charge in [0.25, 0.3) is 5.69 Å². The maximum Gasteiger partial charge on any atom is 0.269 e. The van der Waals surface area contributed by atoms with Crippen molar-refractivity contribution in [1.82, 2.24) is 9.78 Å². The Hall–Kier alpha value is -3.19. The minimum atomic E-state index is -0.398. The van der Waals surface area contributed by atoms with Gasteiger partial charge in [0.05, 0.1) is 36.0 Å². The topological polar surface area (TPSA) is 93.2 Å². The first-order chi connectivity index (χ1) is 12.2. The van der Waals surface area contributed by atoms with Crippen molar-refractivity contribution in [2.75, 3.05) is 11.9 Å². The smallest absolute Gasteiger partial charge is 0.269 e. The number of aromatic nitrogens is 2. The molecule has 2 N–H and O–H groups in total. The third kappa shape index (κ3) is 4.02.